The Kier molecular flexibility index (Phi) is 6.68. The molecule has 0 aliphatic heterocycles. The van der Waals surface area contributed by atoms with Crippen LogP contribution in [0.15, 0.2) is 0 Å². The van der Waals surface area contributed by atoms with E-state index in [0.29, 0.717) is 5.92 Å². The third-order valence-corrected chi connectivity index (χ3v) is 3.67. The summed E-state index contributed by atoms with van der Waals surface area (Å²) in [5, 5.41) is 0. The van der Waals surface area contributed by atoms with Gasteiger partial charge in [0.25, 0.3) is 0 Å². The number of carbonyl (C=O) groups is 3. The Labute approximate surface area is 120 Å². The zero-order valence-electron chi connectivity index (χ0n) is 12.5. The molecule has 0 spiro atoms. The van der Waals surface area contributed by atoms with E-state index in [-0.39, 0.29) is 24.9 Å². The van der Waals surface area contributed by atoms with E-state index in [1.807, 2.05) is 0 Å². The minimum atomic E-state index is -1.41. The highest BCUT2D eigenvalue weighted by Gasteiger charge is 2.41. The lowest BCUT2D eigenvalue weighted by atomic mass is 9.77. The van der Waals surface area contributed by atoms with Gasteiger partial charge >= 0.3 is 11.9 Å². The molecule has 0 aromatic rings. The van der Waals surface area contributed by atoms with Crippen LogP contribution in [0, 0.1) is 17.8 Å². The van der Waals surface area contributed by atoms with Crippen molar-refractivity contribution in [2.75, 3.05) is 13.2 Å². The number of ketones is 1. The van der Waals surface area contributed by atoms with Crippen LogP contribution in [-0.2, 0) is 23.9 Å². The van der Waals surface area contributed by atoms with Gasteiger partial charge in [0, 0.05) is 5.92 Å². The van der Waals surface area contributed by atoms with Gasteiger partial charge in [-0.2, -0.15) is 0 Å². The molecule has 1 saturated carbocycles. The second kappa shape index (κ2) is 8.02. The van der Waals surface area contributed by atoms with Gasteiger partial charge in [0.15, 0.2) is 5.78 Å². The molecule has 0 aromatic carbocycles. The Morgan fingerprint density at radius 1 is 1.05 bits per heavy atom. The molecule has 2 unspecified atom stereocenters. The summed E-state index contributed by atoms with van der Waals surface area (Å²) in [7, 11) is 0. The van der Waals surface area contributed by atoms with Crippen LogP contribution >= 0.6 is 0 Å². The number of Topliss-reactive ketones (excluding diaryl/α,β-unsaturated/α-hetero) is 1. The number of carbonyl (C=O) groups excluding carboxylic acids is 3. The average molecular weight is 284 g/mol. The fourth-order valence-electron chi connectivity index (χ4n) is 2.71. The third-order valence-electron chi connectivity index (χ3n) is 3.67. The summed E-state index contributed by atoms with van der Waals surface area (Å²) < 4.78 is 9.70. The maximum Gasteiger partial charge on any atom is 0.328 e. The van der Waals surface area contributed by atoms with Crippen molar-refractivity contribution < 1.29 is 23.9 Å². The number of ether oxygens (including phenoxy) is 2. The molecule has 1 aliphatic rings. The standard InChI is InChI=1S/C15H24O5/c1-4-19-14(17)12(15(18)20-5-2)13(16)11-8-6-7-10(3)9-11/h10-12H,4-9H2,1-3H3. The van der Waals surface area contributed by atoms with E-state index in [4.69, 9.17) is 9.47 Å². The van der Waals surface area contributed by atoms with Crippen molar-refractivity contribution in [2.24, 2.45) is 17.8 Å². The second-order valence-electron chi connectivity index (χ2n) is 5.31. The summed E-state index contributed by atoms with van der Waals surface area (Å²) in [5.41, 5.74) is 0. The van der Waals surface area contributed by atoms with Crippen LogP contribution in [0.4, 0.5) is 0 Å². The molecule has 0 heterocycles. The Hall–Kier alpha value is -1.39. The van der Waals surface area contributed by atoms with Gasteiger partial charge in [-0.3, -0.25) is 14.4 Å². The summed E-state index contributed by atoms with van der Waals surface area (Å²) in [6.45, 7) is 5.66. The van der Waals surface area contributed by atoms with E-state index in [0.717, 1.165) is 25.7 Å². The van der Waals surface area contributed by atoms with Crippen LogP contribution in [0.2, 0.25) is 0 Å². The van der Waals surface area contributed by atoms with E-state index >= 15 is 0 Å². The molecule has 2 atom stereocenters. The predicted octanol–water partition coefficient (Wildman–Crippen LogP) is 2.12. The normalized spacial score (nSPS) is 22.4. The second-order valence-corrected chi connectivity index (χ2v) is 5.31. The van der Waals surface area contributed by atoms with Crippen molar-refractivity contribution >= 4 is 17.7 Å². The van der Waals surface area contributed by atoms with Gasteiger partial charge in [0.2, 0.25) is 5.92 Å². The number of hydrogen-bond donors (Lipinski definition) is 0. The van der Waals surface area contributed by atoms with Gasteiger partial charge in [-0.25, -0.2) is 0 Å². The fourth-order valence-corrected chi connectivity index (χ4v) is 2.71. The quantitative estimate of drug-likeness (QED) is 0.552. The molecule has 0 amide bonds. The Morgan fingerprint density at radius 2 is 1.60 bits per heavy atom. The maximum absolute atomic E-state index is 12.5. The van der Waals surface area contributed by atoms with Gasteiger partial charge in [-0.05, 0) is 32.6 Å². The number of esters is 2. The largest absolute Gasteiger partial charge is 0.465 e. The van der Waals surface area contributed by atoms with Crippen molar-refractivity contribution in [3.8, 4) is 0 Å². The molecule has 0 aromatic heterocycles. The molecule has 1 rings (SSSR count). The lowest BCUT2D eigenvalue weighted by Gasteiger charge is -2.27. The van der Waals surface area contributed by atoms with E-state index < -0.39 is 17.9 Å². The topological polar surface area (TPSA) is 69.7 Å². The molecule has 1 fully saturated rings. The van der Waals surface area contributed by atoms with Crippen molar-refractivity contribution in [3.05, 3.63) is 0 Å². The smallest absolute Gasteiger partial charge is 0.328 e. The molecule has 20 heavy (non-hydrogen) atoms. The van der Waals surface area contributed by atoms with Crippen LogP contribution in [-0.4, -0.2) is 30.9 Å². The Balaban J connectivity index is 2.82. The molecule has 5 nitrogen and oxygen atoms in total. The maximum atomic E-state index is 12.5. The van der Waals surface area contributed by atoms with Gasteiger partial charge < -0.3 is 9.47 Å². The summed E-state index contributed by atoms with van der Waals surface area (Å²) in [5.74, 6) is -3.11. The summed E-state index contributed by atoms with van der Waals surface area (Å²) in [6.07, 6.45) is 3.51. The zero-order valence-corrected chi connectivity index (χ0v) is 12.5. The fraction of sp³-hybridized carbons (Fsp3) is 0.800. The average Bonchev–Trinajstić information content (AvgIpc) is 2.39. The highest BCUT2D eigenvalue weighted by atomic mass is 16.6. The summed E-state index contributed by atoms with van der Waals surface area (Å²) in [4.78, 5) is 36.2. The predicted molar refractivity (Wildman–Crippen MR) is 72.9 cm³/mol. The Morgan fingerprint density at radius 3 is 2.05 bits per heavy atom. The summed E-state index contributed by atoms with van der Waals surface area (Å²) in [6, 6.07) is 0. The highest BCUT2D eigenvalue weighted by molar-refractivity contribution is 6.15. The number of hydrogen-bond acceptors (Lipinski definition) is 5. The first-order chi connectivity index (χ1) is 9.51. The summed E-state index contributed by atoms with van der Waals surface area (Å²) >= 11 is 0. The van der Waals surface area contributed by atoms with Crippen LogP contribution < -0.4 is 0 Å². The van der Waals surface area contributed by atoms with Gasteiger partial charge in [-0.1, -0.05) is 19.8 Å². The van der Waals surface area contributed by atoms with Crippen molar-refractivity contribution in [3.63, 3.8) is 0 Å². The molecule has 0 bridgehead atoms. The lowest BCUT2D eigenvalue weighted by molar-refractivity contribution is -0.165. The molecular weight excluding hydrogens is 260 g/mol. The van der Waals surface area contributed by atoms with Crippen LogP contribution in [0.5, 0.6) is 0 Å². The molecule has 0 saturated heterocycles. The van der Waals surface area contributed by atoms with Gasteiger partial charge in [0.1, 0.15) is 0 Å². The molecule has 0 N–H and O–H groups in total. The van der Waals surface area contributed by atoms with Crippen molar-refractivity contribution in [1.82, 2.24) is 0 Å². The van der Waals surface area contributed by atoms with Crippen molar-refractivity contribution in [1.29, 1.82) is 0 Å². The third kappa shape index (κ3) is 4.32. The molecular formula is C15H24O5. The first-order valence-corrected chi connectivity index (χ1v) is 7.38. The van der Waals surface area contributed by atoms with E-state index in [2.05, 4.69) is 6.92 Å². The molecule has 114 valence electrons. The van der Waals surface area contributed by atoms with Crippen molar-refractivity contribution in [2.45, 2.75) is 46.5 Å². The number of rotatable bonds is 6. The molecule has 5 heteroatoms. The van der Waals surface area contributed by atoms with E-state index in [1.165, 1.54) is 0 Å². The minimum Gasteiger partial charge on any atom is -0.465 e. The first-order valence-electron chi connectivity index (χ1n) is 7.38. The van der Waals surface area contributed by atoms with Gasteiger partial charge in [-0.15, -0.1) is 0 Å². The first kappa shape index (κ1) is 16.7. The van der Waals surface area contributed by atoms with Crippen LogP contribution in [0.1, 0.15) is 46.5 Å². The van der Waals surface area contributed by atoms with E-state index in [9.17, 15) is 14.4 Å². The van der Waals surface area contributed by atoms with E-state index in [1.54, 1.807) is 13.8 Å². The Bertz CT molecular complexity index is 345. The zero-order chi connectivity index (χ0) is 15.1. The lowest BCUT2D eigenvalue weighted by Crippen LogP contribution is -2.39. The highest BCUT2D eigenvalue weighted by Crippen LogP contribution is 2.31. The molecule has 0 radical (unpaired) electrons. The SMILES string of the molecule is CCOC(=O)C(C(=O)OCC)C(=O)C1CCCC(C)C1. The monoisotopic (exact) mass is 284 g/mol. The van der Waals surface area contributed by atoms with Crippen LogP contribution in [0.3, 0.4) is 0 Å². The van der Waals surface area contributed by atoms with Crippen LogP contribution in [0.25, 0.3) is 0 Å². The molecule has 1 aliphatic carbocycles. The van der Waals surface area contributed by atoms with Gasteiger partial charge in [0.05, 0.1) is 13.2 Å². The minimum absolute atomic E-state index is 0.142.